The average Bonchev–Trinajstić information content (AvgIpc) is 3.27. The number of aromatic nitrogens is 3. The Kier molecular flexibility index (Phi) is 4.69. The van der Waals surface area contributed by atoms with Gasteiger partial charge in [-0.05, 0) is 18.2 Å². The van der Waals surface area contributed by atoms with Crippen LogP contribution < -0.4 is 5.32 Å². The lowest BCUT2D eigenvalue weighted by Crippen LogP contribution is -2.12. The van der Waals surface area contributed by atoms with Crippen molar-refractivity contribution in [2.75, 3.05) is 5.32 Å². The van der Waals surface area contributed by atoms with E-state index in [0.29, 0.717) is 23.0 Å². The van der Waals surface area contributed by atoms with Crippen LogP contribution >= 0.6 is 22.9 Å². The van der Waals surface area contributed by atoms with Gasteiger partial charge in [0.05, 0.1) is 16.7 Å². The van der Waals surface area contributed by atoms with E-state index in [1.807, 2.05) is 53.9 Å². The number of carbonyl (C=O) groups excluding carboxylic acids is 1. The molecule has 2 N–H and O–H groups in total. The van der Waals surface area contributed by atoms with Crippen LogP contribution in [0.15, 0.2) is 53.9 Å². The summed E-state index contributed by atoms with van der Waals surface area (Å²) in [4.78, 5) is 24.4. The summed E-state index contributed by atoms with van der Waals surface area (Å²) in [5.41, 5.74) is 3.50. The number of benzene rings is 2. The third-order valence-electron chi connectivity index (χ3n) is 3.93. The van der Waals surface area contributed by atoms with Gasteiger partial charge in [-0.1, -0.05) is 41.9 Å². The van der Waals surface area contributed by atoms with Gasteiger partial charge in [0.15, 0.2) is 5.13 Å². The van der Waals surface area contributed by atoms with Crippen molar-refractivity contribution < 1.29 is 4.79 Å². The van der Waals surface area contributed by atoms with Crippen molar-refractivity contribution >= 4 is 45.0 Å². The van der Waals surface area contributed by atoms with Gasteiger partial charge in [-0.2, -0.15) is 0 Å². The monoisotopic (exact) mass is 382 g/mol. The first-order valence-corrected chi connectivity index (χ1v) is 9.39. The van der Waals surface area contributed by atoms with E-state index in [2.05, 4.69) is 20.3 Å². The number of nitrogens with zero attached hydrogens (tertiary/aromatic N) is 2. The number of hydrogen-bond acceptors (Lipinski definition) is 4. The summed E-state index contributed by atoms with van der Waals surface area (Å²) >= 11 is 7.57. The second-order valence-electron chi connectivity index (χ2n) is 5.77. The number of halogens is 1. The number of amides is 1. The summed E-state index contributed by atoms with van der Waals surface area (Å²) in [6.07, 6.45) is 0.879. The van der Waals surface area contributed by atoms with Gasteiger partial charge in [-0.15, -0.1) is 11.3 Å². The quantitative estimate of drug-likeness (QED) is 0.515. The van der Waals surface area contributed by atoms with Crippen molar-refractivity contribution in [1.82, 2.24) is 15.0 Å². The molecule has 5 nitrogen and oxygen atoms in total. The first kappa shape index (κ1) is 16.8. The number of fused-ring (bicyclic) bond motifs is 1. The van der Waals surface area contributed by atoms with Gasteiger partial charge < -0.3 is 10.3 Å². The number of thiazole rings is 1. The minimum atomic E-state index is -0.0921. The second kappa shape index (κ2) is 7.27. The van der Waals surface area contributed by atoms with Crippen LogP contribution in [0.2, 0.25) is 5.02 Å². The maximum absolute atomic E-state index is 12.2. The summed E-state index contributed by atoms with van der Waals surface area (Å²) in [5.74, 6) is 0.711. The molecule has 0 spiro atoms. The molecule has 0 saturated carbocycles. The standard InChI is InChI=1S/C19H15ClN4OS/c20-13-6-2-1-5-12(13)16-11-26-19(23-16)24-18(25)10-9-17-21-14-7-3-4-8-15(14)22-17/h1-8,11H,9-10H2,(H,21,22)(H,23,24,25). The fourth-order valence-electron chi connectivity index (χ4n) is 2.66. The molecule has 0 atom stereocenters. The van der Waals surface area contributed by atoms with Crippen molar-refractivity contribution in [3.63, 3.8) is 0 Å². The molecular formula is C19H15ClN4OS. The fraction of sp³-hybridized carbons (Fsp3) is 0.105. The number of nitrogens with one attached hydrogen (secondary N) is 2. The number of aromatic amines is 1. The summed E-state index contributed by atoms with van der Waals surface area (Å²) in [5, 5.41) is 5.93. The van der Waals surface area contributed by atoms with Gasteiger partial charge in [-0.25, -0.2) is 9.97 Å². The molecule has 2 aromatic carbocycles. The maximum Gasteiger partial charge on any atom is 0.226 e. The Morgan fingerprint density at radius 1 is 1.12 bits per heavy atom. The summed E-state index contributed by atoms with van der Waals surface area (Å²) in [7, 11) is 0. The van der Waals surface area contributed by atoms with Crippen LogP contribution in [-0.2, 0) is 11.2 Å². The van der Waals surface area contributed by atoms with E-state index >= 15 is 0 Å². The number of anilines is 1. The predicted molar refractivity (Wildman–Crippen MR) is 106 cm³/mol. The third-order valence-corrected chi connectivity index (χ3v) is 5.01. The minimum Gasteiger partial charge on any atom is -0.342 e. The van der Waals surface area contributed by atoms with Crippen LogP contribution in [0.5, 0.6) is 0 Å². The van der Waals surface area contributed by atoms with Gasteiger partial charge in [0.25, 0.3) is 0 Å². The zero-order valence-corrected chi connectivity index (χ0v) is 15.3. The highest BCUT2D eigenvalue weighted by molar-refractivity contribution is 7.14. The molecule has 0 radical (unpaired) electrons. The molecule has 2 heterocycles. The van der Waals surface area contributed by atoms with E-state index < -0.39 is 0 Å². The van der Waals surface area contributed by atoms with E-state index in [1.54, 1.807) is 0 Å². The van der Waals surface area contributed by atoms with Crippen LogP contribution in [-0.4, -0.2) is 20.9 Å². The zero-order chi connectivity index (χ0) is 17.9. The van der Waals surface area contributed by atoms with Crippen LogP contribution in [0.3, 0.4) is 0 Å². The number of rotatable bonds is 5. The van der Waals surface area contributed by atoms with E-state index in [0.717, 1.165) is 28.1 Å². The molecule has 26 heavy (non-hydrogen) atoms. The Hall–Kier alpha value is -2.70. The van der Waals surface area contributed by atoms with E-state index in [9.17, 15) is 4.79 Å². The van der Waals surface area contributed by atoms with Crippen molar-refractivity contribution in [2.45, 2.75) is 12.8 Å². The largest absolute Gasteiger partial charge is 0.342 e. The number of aryl methyl sites for hydroxylation is 1. The normalized spacial score (nSPS) is 11.0. The molecule has 0 unspecified atom stereocenters. The zero-order valence-electron chi connectivity index (χ0n) is 13.7. The number of H-pyrrole nitrogens is 1. The fourth-order valence-corrected chi connectivity index (χ4v) is 3.62. The first-order valence-electron chi connectivity index (χ1n) is 8.13. The molecule has 4 rings (SSSR count). The number of para-hydroxylation sites is 2. The van der Waals surface area contributed by atoms with Gasteiger partial charge in [-0.3, -0.25) is 4.79 Å². The third kappa shape index (κ3) is 3.61. The number of imidazole rings is 1. The molecular weight excluding hydrogens is 368 g/mol. The molecule has 2 aromatic heterocycles. The highest BCUT2D eigenvalue weighted by Crippen LogP contribution is 2.30. The Labute approximate surface area is 159 Å². The molecule has 0 bridgehead atoms. The lowest BCUT2D eigenvalue weighted by atomic mass is 10.2. The molecule has 4 aromatic rings. The van der Waals surface area contributed by atoms with Gasteiger partial charge in [0.2, 0.25) is 5.91 Å². The predicted octanol–water partition coefficient (Wildman–Crippen LogP) is 4.91. The van der Waals surface area contributed by atoms with Crippen LogP contribution in [0.1, 0.15) is 12.2 Å². The molecule has 0 aliphatic rings. The lowest BCUT2D eigenvalue weighted by Gasteiger charge is -2.01. The van der Waals surface area contributed by atoms with E-state index in [-0.39, 0.29) is 5.91 Å². The maximum atomic E-state index is 12.2. The Morgan fingerprint density at radius 3 is 2.77 bits per heavy atom. The molecule has 0 aliphatic carbocycles. The number of hydrogen-bond donors (Lipinski definition) is 2. The average molecular weight is 383 g/mol. The van der Waals surface area contributed by atoms with E-state index in [4.69, 9.17) is 11.6 Å². The number of carbonyl (C=O) groups is 1. The lowest BCUT2D eigenvalue weighted by molar-refractivity contribution is -0.116. The molecule has 0 aliphatic heterocycles. The van der Waals surface area contributed by atoms with Gasteiger partial charge in [0, 0.05) is 28.8 Å². The Bertz CT molecular complexity index is 1040. The summed E-state index contributed by atoms with van der Waals surface area (Å²) in [6, 6.07) is 15.3. The summed E-state index contributed by atoms with van der Waals surface area (Å²) < 4.78 is 0. The highest BCUT2D eigenvalue weighted by atomic mass is 35.5. The smallest absolute Gasteiger partial charge is 0.226 e. The van der Waals surface area contributed by atoms with Crippen molar-refractivity contribution in [2.24, 2.45) is 0 Å². The van der Waals surface area contributed by atoms with Gasteiger partial charge in [0.1, 0.15) is 5.82 Å². The van der Waals surface area contributed by atoms with Gasteiger partial charge >= 0.3 is 0 Å². The SMILES string of the molecule is O=C(CCc1nc2ccccc2[nH]1)Nc1nc(-c2ccccc2Cl)cs1. The Balaban J connectivity index is 1.38. The Morgan fingerprint density at radius 2 is 1.92 bits per heavy atom. The van der Waals surface area contributed by atoms with Crippen LogP contribution in [0, 0.1) is 0 Å². The van der Waals surface area contributed by atoms with Crippen molar-refractivity contribution in [1.29, 1.82) is 0 Å². The van der Waals surface area contributed by atoms with Crippen molar-refractivity contribution in [3.8, 4) is 11.3 Å². The summed E-state index contributed by atoms with van der Waals surface area (Å²) in [6.45, 7) is 0. The minimum absolute atomic E-state index is 0.0921. The van der Waals surface area contributed by atoms with Crippen LogP contribution in [0.4, 0.5) is 5.13 Å². The second-order valence-corrected chi connectivity index (χ2v) is 7.03. The molecule has 0 fully saturated rings. The molecule has 130 valence electrons. The molecule has 1 amide bonds. The first-order chi connectivity index (χ1) is 12.7. The molecule has 7 heteroatoms. The highest BCUT2D eigenvalue weighted by Gasteiger charge is 2.11. The van der Waals surface area contributed by atoms with Crippen LogP contribution in [0.25, 0.3) is 22.3 Å². The van der Waals surface area contributed by atoms with E-state index in [1.165, 1.54) is 11.3 Å². The topological polar surface area (TPSA) is 70.7 Å². The van der Waals surface area contributed by atoms with Crippen molar-refractivity contribution in [3.05, 3.63) is 64.8 Å². The molecule has 0 saturated heterocycles.